The number of imide groups is 1. The van der Waals surface area contributed by atoms with Crippen LogP contribution in [0.5, 0.6) is 5.75 Å². The molecule has 1 unspecified atom stereocenters. The molecule has 5 amide bonds. The summed E-state index contributed by atoms with van der Waals surface area (Å²) >= 11 is 0. The molecule has 2 aromatic rings. The van der Waals surface area contributed by atoms with Gasteiger partial charge in [-0.2, -0.15) is 0 Å². The molecule has 0 saturated carbocycles. The highest BCUT2D eigenvalue weighted by Gasteiger charge is 2.41. The van der Waals surface area contributed by atoms with Gasteiger partial charge in [0.2, 0.25) is 0 Å². The highest BCUT2D eigenvalue weighted by atomic mass is 19.1. The van der Waals surface area contributed by atoms with E-state index < -0.39 is 29.8 Å². The molecule has 12 heteroatoms. The van der Waals surface area contributed by atoms with Crippen LogP contribution < -0.4 is 25.2 Å². The van der Waals surface area contributed by atoms with Gasteiger partial charge in [-0.05, 0) is 57.7 Å². The molecule has 2 N–H and O–H groups in total. The number of halogens is 1. The molecule has 43 heavy (non-hydrogen) atoms. The molecule has 2 aliphatic heterocycles. The number of anilines is 3. The smallest absolute Gasteiger partial charge is 0.412 e. The van der Waals surface area contributed by atoms with Gasteiger partial charge in [-0.1, -0.05) is 24.1 Å². The maximum atomic E-state index is 14.7. The molecule has 0 aromatic heterocycles. The third-order valence-electron chi connectivity index (χ3n) is 6.88. The van der Waals surface area contributed by atoms with E-state index in [4.69, 9.17) is 15.9 Å². The van der Waals surface area contributed by atoms with Gasteiger partial charge in [-0.25, -0.2) is 14.1 Å². The van der Waals surface area contributed by atoms with Crippen molar-refractivity contribution in [2.24, 2.45) is 0 Å². The van der Waals surface area contributed by atoms with Crippen molar-refractivity contribution >= 4 is 46.8 Å². The highest BCUT2D eigenvalue weighted by Crippen LogP contribution is 2.41. The molecule has 2 aromatic carbocycles. The molecule has 0 bridgehead atoms. The minimum atomic E-state index is -0.807. The fourth-order valence-electron chi connectivity index (χ4n) is 4.81. The number of likely N-dealkylation sites (N-methyl/N-ethyl adjacent to an activating group) is 1. The molecule has 0 fully saturated rings. The second-order valence-corrected chi connectivity index (χ2v) is 9.79. The second-order valence-electron chi connectivity index (χ2n) is 9.79. The Morgan fingerprint density at radius 2 is 1.72 bits per heavy atom. The van der Waals surface area contributed by atoms with Crippen LogP contribution in [0.2, 0.25) is 0 Å². The monoisotopic (exact) mass is 590 g/mol. The van der Waals surface area contributed by atoms with Gasteiger partial charge in [0.05, 0.1) is 17.9 Å². The van der Waals surface area contributed by atoms with Crippen LogP contribution in [0.25, 0.3) is 0 Å². The number of nitrogens with zero attached hydrogens (tertiary/aromatic N) is 2. The third kappa shape index (κ3) is 6.83. The van der Waals surface area contributed by atoms with Gasteiger partial charge in [-0.15, -0.1) is 6.42 Å². The van der Waals surface area contributed by atoms with Crippen molar-refractivity contribution < 1.29 is 37.8 Å². The van der Waals surface area contributed by atoms with E-state index in [1.165, 1.54) is 17.9 Å². The topological polar surface area (TPSA) is 134 Å². The lowest BCUT2D eigenvalue weighted by atomic mass is 9.93. The number of nitrogens with one attached hydrogen (secondary N) is 2. The molecule has 2 heterocycles. The number of ether oxygens (including phenoxy) is 2. The molecule has 1 atom stereocenters. The second kappa shape index (κ2) is 13.7. The number of terminal acetylenes is 1. The standard InChI is InChI=1S/C19H15FN2O4.C12H16N2O3/c1-2-7-21-15-9-14(13(20)8-16(15)26-10-17(21)23)22-18(24)11-5-3-4-6-12(11)19(22)25;1-3-13-11(15)9(2)17-12(16)14-10-7-5-4-6-8-10/h1,8-9H,3-7,10H2;4-9H,3H2,1-2H3,(H,13,15)(H,14,16). The summed E-state index contributed by atoms with van der Waals surface area (Å²) in [4.78, 5) is 62.3. The largest absolute Gasteiger partial charge is 0.481 e. The first-order chi connectivity index (χ1) is 20.7. The summed E-state index contributed by atoms with van der Waals surface area (Å²) < 4.78 is 24.8. The molecular weight excluding hydrogens is 559 g/mol. The van der Waals surface area contributed by atoms with Crippen molar-refractivity contribution in [3.63, 3.8) is 0 Å². The Kier molecular flexibility index (Phi) is 9.77. The van der Waals surface area contributed by atoms with E-state index in [-0.39, 0.29) is 42.1 Å². The molecule has 3 aliphatic rings. The summed E-state index contributed by atoms with van der Waals surface area (Å²) in [6.45, 7) is 3.57. The third-order valence-corrected chi connectivity index (χ3v) is 6.88. The van der Waals surface area contributed by atoms with Gasteiger partial charge in [0.25, 0.3) is 23.6 Å². The number of hydrogen-bond donors (Lipinski definition) is 2. The predicted molar refractivity (Wildman–Crippen MR) is 156 cm³/mol. The van der Waals surface area contributed by atoms with Crippen LogP contribution in [0.1, 0.15) is 39.5 Å². The average Bonchev–Trinajstić information content (AvgIpc) is 3.24. The lowest BCUT2D eigenvalue weighted by Crippen LogP contribution is -2.39. The van der Waals surface area contributed by atoms with Crippen molar-refractivity contribution in [2.45, 2.75) is 45.6 Å². The van der Waals surface area contributed by atoms with E-state index in [0.717, 1.165) is 23.8 Å². The number of rotatable bonds is 6. The number of para-hydroxylation sites is 1. The molecule has 0 spiro atoms. The van der Waals surface area contributed by atoms with Gasteiger partial charge >= 0.3 is 6.09 Å². The van der Waals surface area contributed by atoms with Crippen LogP contribution in [0.15, 0.2) is 53.6 Å². The lowest BCUT2D eigenvalue weighted by Gasteiger charge is -2.29. The number of carbonyl (C=O) groups excluding carboxylic acids is 5. The van der Waals surface area contributed by atoms with E-state index in [0.29, 0.717) is 36.2 Å². The summed E-state index contributed by atoms with van der Waals surface area (Å²) in [5, 5.41) is 5.10. The first kappa shape index (κ1) is 30.8. The Balaban J connectivity index is 0.000000217. The van der Waals surface area contributed by atoms with E-state index >= 15 is 0 Å². The van der Waals surface area contributed by atoms with Crippen LogP contribution in [0, 0.1) is 18.2 Å². The first-order valence-corrected chi connectivity index (χ1v) is 13.8. The van der Waals surface area contributed by atoms with E-state index in [2.05, 4.69) is 16.6 Å². The molecule has 5 rings (SSSR count). The van der Waals surface area contributed by atoms with Crippen molar-refractivity contribution in [2.75, 3.05) is 34.8 Å². The van der Waals surface area contributed by atoms with Crippen LogP contribution in [-0.2, 0) is 23.9 Å². The van der Waals surface area contributed by atoms with Crippen molar-refractivity contribution in [1.29, 1.82) is 0 Å². The SMILES string of the molecule is C#CCN1C(=O)COc2cc(F)c(N3C(=O)C4=C(CCCC4)C3=O)cc21.CCNC(=O)C(C)OC(=O)Nc1ccccc1. The Bertz CT molecular complexity index is 1490. The quantitative estimate of drug-likeness (QED) is 0.387. The molecule has 224 valence electrons. The van der Waals surface area contributed by atoms with Gasteiger partial charge in [0.1, 0.15) is 5.75 Å². The van der Waals surface area contributed by atoms with Crippen molar-refractivity contribution in [3.05, 3.63) is 59.4 Å². The zero-order chi connectivity index (χ0) is 31.1. The predicted octanol–water partition coefficient (Wildman–Crippen LogP) is 3.69. The van der Waals surface area contributed by atoms with Gasteiger partial charge in [0, 0.05) is 29.4 Å². The van der Waals surface area contributed by atoms with E-state index in [1.807, 2.05) is 6.07 Å². The normalized spacial score (nSPS) is 16.2. The van der Waals surface area contributed by atoms with Crippen LogP contribution in [0.4, 0.5) is 26.2 Å². The molecule has 0 saturated heterocycles. The van der Waals surface area contributed by atoms with Gasteiger partial charge in [0.15, 0.2) is 18.5 Å². The fraction of sp³-hybridized carbons (Fsp3) is 0.323. The Labute approximate surface area is 248 Å². The molecule has 0 radical (unpaired) electrons. The summed E-state index contributed by atoms with van der Waals surface area (Å²) in [6.07, 6.45) is 6.56. The molecule has 11 nitrogen and oxygen atoms in total. The lowest BCUT2D eigenvalue weighted by molar-refractivity contribution is -0.128. The van der Waals surface area contributed by atoms with Crippen molar-refractivity contribution in [3.8, 4) is 18.1 Å². The molecular formula is C31H31FN4O7. The highest BCUT2D eigenvalue weighted by molar-refractivity contribution is 6.33. The zero-order valence-corrected chi connectivity index (χ0v) is 23.8. The number of benzene rings is 2. The van der Waals surface area contributed by atoms with Gasteiger partial charge < -0.3 is 14.8 Å². The van der Waals surface area contributed by atoms with Crippen LogP contribution in [0.3, 0.4) is 0 Å². The minimum Gasteiger partial charge on any atom is -0.481 e. The van der Waals surface area contributed by atoms with Gasteiger partial charge in [-0.3, -0.25) is 29.4 Å². The van der Waals surface area contributed by atoms with E-state index in [1.54, 1.807) is 31.2 Å². The Hall–Kier alpha value is -5.18. The Morgan fingerprint density at radius 1 is 1.07 bits per heavy atom. The number of fused-ring (bicyclic) bond motifs is 1. The Morgan fingerprint density at radius 3 is 2.33 bits per heavy atom. The minimum absolute atomic E-state index is 0.0170. The van der Waals surface area contributed by atoms with Crippen LogP contribution >= 0.6 is 0 Å². The summed E-state index contributed by atoms with van der Waals surface area (Å²) in [7, 11) is 0. The van der Waals surface area contributed by atoms with E-state index in [9.17, 15) is 28.4 Å². The first-order valence-electron chi connectivity index (χ1n) is 13.8. The summed E-state index contributed by atoms with van der Waals surface area (Å²) in [6, 6.07) is 11.3. The number of carbonyl (C=O) groups is 5. The molecule has 1 aliphatic carbocycles. The number of amides is 5. The summed E-state index contributed by atoms with van der Waals surface area (Å²) in [5.74, 6) is 0.0962. The van der Waals surface area contributed by atoms with Crippen molar-refractivity contribution in [1.82, 2.24) is 5.32 Å². The number of hydrogen-bond acceptors (Lipinski definition) is 7. The maximum absolute atomic E-state index is 14.7. The zero-order valence-electron chi connectivity index (χ0n) is 23.8. The fourth-order valence-corrected chi connectivity index (χ4v) is 4.81. The maximum Gasteiger partial charge on any atom is 0.412 e. The average molecular weight is 591 g/mol. The summed E-state index contributed by atoms with van der Waals surface area (Å²) in [5.41, 5.74) is 1.62. The van der Waals surface area contributed by atoms with Crippen LogP contribution in [-0.4, -0.2) is 55.5 Å².